The number of anilines is 1. The van der Waals surface area contributed by atoms with E-state index < -0.39 is 11.6 Å². The topological polar surface area (TPSA) is 93.9 Å². The van der Waals surface area contributed by atoms with E-state index in [2.05, 4.69) is 31.6 Å². The molecule has 2 N–H and O–H groups in total. The Balaban J connectivity index is 1.51. The summed E-state index contributed by atoms with van der Waals surface area (Å²) in [5.74, 6) is -1.77. The molecule has 2 aromatic heterocycles. The Kier molecular flexibility index (Phi) is 6.14. The number of carbonyl (C=O) groups is 1. The predicted octanol–water partition coefficient (Wildman–Crippen LogP) is 3.56. The van der Waals surface area contributed by atoms with Crippen molar-refractivity contribution in [3.05, 3.63) is 77.4 Å². The fourth-order valence-corrected chi connectivity index (χ4v) is 5.07. The standard InChI is InChI=1S/C26H24F2N6O/c27-19-9-18(10-20(28)11-19)22-14-30-15-23(24(22)34-7-4-26(16-34)3-1-5-33-26)25(35)32-13-21-8-17(12-29)2-6-31-21/h2,6,8-11,14-15,33H,1,3-5,7,13,16H2,(H,32,35). The van der Waals surface area contributed by atoms with E-state index >= 15 is 0 Å². The number of hydrogen-bond donors (Lipinski definition) is 2. The van der Waals surface area contributed by atoms with Crippen LogP contribution in [0, 0.1) is 23.0 Å². The van der Waals surface area contributed by atoms with Crippen molar-refractivity contribution >= 4 is 11.6 Å². The van der Waals surface area contributed by atoms with Crippen molar-refractivity contribution in [1.29, 1.82) is 5.26 Å². The molecule has 35 heavy (non-hydrogen) atoms. The normalized spacial score (nSPS) is 19.2. The summed E-state index contributed by atoms with van der Waals surface area (Å²) in [5.41, 5.74) is 2.71. The van der Waals surface area contributed by atoms with Gasteiger partial charge in [-0.05, 0) is 55.6 Å². The Bertz CT molecular complexity index is 1300. The highest BCUT2D eigenvalue weighted by atomic mass is 19.1. The minimum atomic E-state index is -0.695. The predicted molar refractivity (Wildman–Crippen MR) is 127 cm³/mol. The minimum absolute atomic E-state index is 0.0247. The molecule has 1 aromatic carbocycles. The maximum atomic E-state index is 14.1. The van der Waals surface area contributed by atoms with Crippen LogP contribution in [0.3, 0.4) is 0 Å². The number of pyridine rings is 2. The van der Waals surface area contributed by atoms with Gasteiger partial charge in [0.05, 0.1) is 35.1 Å². The molecule has 2 aliphatic rings. The molecule has 2 saturated heterocycles. The van der Waals surface area contributed by atoms with E-state index in [0.29, 0.717) is 46.7 Å². The number of nitriles is 1. The molecule has 0 aliphatic carbocycles. The molecule has 1 amide bonds. The van der Waals surface area contributed by atoms with Crippen molar-refractivity contribution in [2.45, 2.75) is 31.3 Å². The first-order chi connectivity index (χ1) is 17.0. The maximum Gasteiger partial charge on any atom is 0.255 e. The van der Waals surface area contributed by atoms with Gasteiger partial charge in [0.25, 0.3) is 5.91 Å². The number of rotatable bonds is 5. The molecule has 2 fully saturated rings. The zero-order chi connectivity index (χ0) is 24.4. The molecule has 5 rings (SSSR count). The van der Waals surface area contributed by atoms with Crippen LogP contribution in [0.1, 0.15) is 40.9 Å². The van der Waals surface area contributed by atoms with Gasteiger partial charge < -0.3 is 15.5 Å². The molecule has 0 radical (unpaired) electrons. The average Bonchev–Trinajstić information content (AvgIpc) is 3.51. The van der Waals surface area contributed by atoms with Crippen LogP contribution in [0.25, 0.3) is 11.1 Å². The number of carbonyl (C=O) groups excluding carboxylic acids is 1. The van der Waals surface area contributed by atoms with Crippen molar-refractivity contribution in [1.82, 2.24) is 20.6 Å². The summed E-state index contributed by atoms with van der Waals surface area (Å²) in [6.07, 6.45) is 7.60. The Morgan fingerprint density at radius 3 is 2.77 bits per heavy atom. The lowest BCUT2D eigenvalue weighted by atomic mass is 9.96. The van der Waals surface area contributed by atoms with E-state index in [1.165, 1.54) is 24.5 Å². The molecule has 2 aliphatic heterocycles. The lowest BCUT2D eigenvalue weighted by molar-refractivity contribution is 0.0950. The molecular formula is C26H24F2N6O. The summed E-state index contributed by atoms with van der Waals surface area (Å²) in [6, 6.07) is 8.59. The van der Waals surface area contributed by atoms with E-state index in [4.69, 9.17) is 5.26 Å². The van der Waals surface area contributed by atoms with Gasteiger partial charge in [0.1, 0.15) is 11.6 Å². The van der Waals surface area contributed by atoms with Crippen LogP contribution in [-0.4, -0.2) is 41.0 Å². The van der Waals surface area contributed by atoms with Gasteiger partial charge in [-0.1, -0.05) is 0 Å². The summed E-state index contributed by atoms with van der Waals surface area (Å²) in [6.45, 7) is 2.47. The Hall–Kier alpha value is -3.90. The number of benzene rings is 1. The van der Waals surface area contributed by atoms with E-state index in [-0.39, 0.29) is 18.0 Å². The van der Waals surface area contributed by atoms with Gasteiger partial charge in [-0.2, -0.15) is 5.26 Å². The van der Waals surface area contributed by atoms with Gasteiger partial charge in [0.2, 0.25) is 0 Å². The van der Waals surface area contributed by atoms with E-state index in [9.17, 15) is 13.6 Å². The van der Waals surface area contributed by atoms with Crippen molar-refractivity contribution in [3.8, 4) is 17.2 Å². The molecule has 4 heterocycles. The molecule has 7 nitrogen and oxygen atoms in total. The summed E-state index contributed by atoms with van der Waals surface area (Å²) in [5, 5.41) is 15.6. The fraction of sp³-hybridized carbons (Fsp3) is 0.308. The molecular weight excluding hydrogens is 450 g/mol. The largest absolute Gasteiger partial charge is 0.368 e. The highest BCUT2D eigenvalue weighted by molar-refractivity contribution is 6.03. The quantitative estimate of drug-likeness (QED) is 0.588. The maximum absolute atomic E-state index is 14.1. The van der Waals surface area contributed by atoms with Crippen LogP contribution in [0.15, 0.2) is 48.9 Å². The summed E-state index contributed by atoms with van der Waals surface area (Å²) in [7, 11) is 0. The first-order valence-corrected chi connectivity index (χ1v) is 11.5. The molecule has 178 valence electrons. The molecule has 0 bridgehead atoms. The molecule has 9 heteroatoms. The van der Waals surface area contributed by atoms with Crippen LogP contribution < -0.4 is 15.5 Å². The van der Waals surface area contributed by atoms with Crippen LogP contribution in [0.2, 0.25) is 0 Å². The Morgan fingerprint density at radius 2 is 2.03 bits per heavy atom. The fourth-order valence-electron chi connectivity index (χ4n) is 5.07. The lowest BCUT2D eigenvalue weighted by Crippen LogP contribution is -2.42. The highest BCUT2D eigenvalue weighted by Crippen LogP contribution is 2.40. The average molecular weight is 475 g/mol. The third kappa shape index (κ3) is 4.70. The monoisotopic (exact) mass is 474 g/mol. The van der Waals surface area contributed by atoms with Gasteiger partial charge in [-0.15, -0.1) is 0 Å². The second-order valence-electron chi connectivity index (χ2n) is 9.05. The SMILES string of the molecule is N#Cc1ccnc(CNC(=O)c2cncc(-c3cc(F)cc(F)c3)c2N2CCC3(CCCN3)C2)c1. The Labute approximate surface area is 201 Å². The molecule has 0 saturated carbocycles. The molecule has 3 aromatic rings. The van der Waals surface area contributed by atoms with Crippen LogP contribution >= 0.6 is 0 Å². The van der Waals surface area contributed by atoms with Crippen LogP contribution in [0.4, 0.5) is 14.5 Å². The van der Waals surface area contributed by atoms with E-state index in [0.717, 1.165) is 31.9 Å². The van der Waals surface area contributed by atoms with E-state index in [1.54, 1.807) is 18.3 Å². The number of aromatic nitrogens is 2. The van der Waals surface area contributed by atoms with Gasteiger partial charge >= 0.3 is 0 Å². The minimum Gasteiger partial charge on any atom is -0.368 e. The van der Waals surface area contributed by atoms with Crippen LogP contribution in [0.5, 0.6) is 0 Å². The molecule has 1 unspecified atom stereocenters. The molecule has 1 spiro atoms. The Morgan fingerprint density at radius 1 is 1.20 bits per heavy atom. The van der Waals surface area contributed by atoms with Crippen LogP contribution in [-0.2, 0) is 6.54 Å². The smallest absolute Gasteiger partial charge is 0.255 e. The van der Waals surface area contributed by atoms with Gasteiger partial charge in [-0.3, -0.25) is 14.8 Å². The highest BCUT2D eigenvalue weighted by Gasteiger charge is 2.41. The lowest BCUT2D eigenvalue weighted by Gasteiger charge is -2.28. The number of hydrogen-bond acceptors (Lipinski definition) is 6. The summed E-state index contributed by atoms with van der Waals surface area (Å²) in [4.78, 5) is 23.9. The van der Waals surface area contributed by atoms with Crippen molar-refractivity contribution in [2.24, 2.45) is 0 Å². The second kappa shape index (κ2) is 9.39. The summed E-state index contributed by atoms with van der Waals surface area (Å²) >= 11 is 0. The number of amides is 1. The van der Waals surface area contributed by atoms with Gasteiger partial charge in [0.15, 0.2) is 0 Å². The third-order valence-electron chi connectivity index (χ3n) is 6.71. The van der Waals surface area contributed by atoms with Crippen molar-refractivity contribution in [3.63, 3.8) is 0 Å². The molecule has 1 atom stereocenters. The van der Waals surface area contributed by atoms with Gasteiger partial charge in [0, 0.05) is 48.8 Å². The number of nitrogens with one attached hydrogen (secondary N) is 2. The van der Waals surface area contributed by atoms with Gasteiger partial charge in [-0.25, -0.2) is 8.78 Å². The second-order valence-corrected chi connectivity index (χ2v) is 9.05. The first-order valence-electron chi connectivity index (χ1n) is 11.5. The van der Waals surface area contributed by atoms with Crippen molar-refractivity contribution in [2.75, 3.05) is 24.5 Å². The first kappa shape index (κ1) is 22.9. The third-order valence-corrected chi connectivity index (χ3v) is 6.71. The zero-order valence-corrected chi connectivity index (χ0v) is 19.0. The van der Waals surface area contributed by atoms with Crippen molar-refractivity contribution < 1.29 is 13.6 Å². The van der Waals surface area contributed by atoms with E-state index in [1.807, 2.05) is 0 Å². The zero-order valence-electron chi connectivity index (χ0n) is 19.0. The summed E-state index contributed by atoms with van der Waals surface area (Å²) < 4.78 is 28.2. The number of nitrogens with zero attached hydrogens (tertiary/aromatic N) is 4. The number of halogens is 2.